The fourth-order valence-corrected chi connectivity index (χ4v) is 1.91. The Morgan fingerprint density at radius 2 is 1.60 bits per heavy atom. The Labute approximate surface area is 116 Å². The first-order valence-corrected chi connectivity index (χ1v) is 6.18. The first-order chi connectivity index (χ1) is 9.86. The molecule has 0 radical (unpaired) electrons. The molecule has 0 bridgehead atoms. The minimum absolute atomic E-state index is 0.575. The fraction of sp³-hybridized carbons (Fsp3) is 0. The lowest BCUT2D eigenvalue weighted by molar-refractivity contribution is 1.14. The molecule has 2 heterocycles. The minimum atomic E-state index is 0.575. The standard InChI is InChI=1S/C15H13N5/c16-20-14-10-13(11-4-2-1-3-5-11)18-15(19-14)12-6-8-17-9-7-12/h1-10H,16H2,(H,18,19,20). The van der Waals surface area contributed by atoms with Crippen LogP contribution in [0.25, 0.3) is 22.6 Å². The van der Waals surface area contributed by atoms with Crippen molar-refractivity contribution in [1.29, 1.82) is 0 Å². The van der Waals surface area contributed by atoms with Crippen LogP contribution in [0.4, 0.5) is 5.82 Å². The van der Waals surface area contributed by atoms with E-state index in [0.29, 0.717) is 11.6 Å². The molecule has 20 heavy (non-hydrogen) atoms. The van der Waals surface area contributed by atoms with Gasteiger partial charge in [0.2, 0.25) is 0 Å². The van der Waals surface area contributed by atoms with Crippen LogP contribution in [0, 0.1) is 0 Å². The van der Waals surface area contributed by atoms with Gasteiger partial charge in [0, 0.05) is 29.6 Å². The van der Waals surface area contributed by atoms with E-state index in [1.807, 2.05) is 48.5 Å². The zero-order valence-corrected chi connectivity index (χ0v) is 10.7. The second kappa shape index (κ2) is 5.46. The molecule has 98 valence electrons. The molecular weight excluding hydrogens is 250 g/mol. The Balaban J connectivity index is 2.13. The molecule has 3 N–H and O–H groups in total. The molecule has 3 aromatic rings. The lowest BCUT2D eigenvalue weighted by atomic mass is 10.1. The van der Waals surface area contributed by atoms with Gasteiger partial charge in [-0.15, -0.1) is 0 Å². The van der Waals surface area contributed by atoms with Gasteiger partial charge in [-0.2, -0.15) is 0 Å². The van der Waals surface area contributed by atoms with E-state index < -0.39 is 0 Å². The van der Waals surface area contributed by atoms with Gasteiger partial charge in [-0.1, -0.05) is 30.3 Å². The van der Waals surface area contributed by atoms with Crippen molar-refractivity contribution in [3.05, 3.63) is 60.9 Å². The van der Waals surface area contributed by atoms with Crippen LogP contribution in [0.5, 0.6) is 0 Å². The van der Waals surface area contributed by atoms with Crippen molar-refractivity contribution in [1.82, 2.24) is 15.0 Å². The lowest BCUT2D eigenvalue weighted by Crippen LogP contribution is -2.09. The number of nitrogens with zero attached hydrogens (tertiary/aromatic N) is 3. The summed E-state index contributed by atoms with van der Waals surface area (Å²) in [5, 5.41) is 0. The van der Waals surface area contributed by atoms with Gasteiger partial charge >= 0.3 is 0 Å². The first kappa shape index (κ1) is 12.3. The van der Waals surface area contributed by atoms with Crippen LogP contribution in [0.2, 0.25) is 0 Å². The molecule has 2 aromatic heterocycles. The maximum absolute atomic E-state index is 5.49. The lowest BCUT2D eigenvalue weighted by Gasteiger charge is -2.07. The fourth-order valence-electron chi connectivity index (χ4n) is 1.91. The summed E-state index contributed by atoms with van der Waals surface area (Å²) in [5.74, 6) is 6.68. The number of pyridine rings is 1. The number of anilines is 1. The van der Waals surface area contributed by atoms with Crippen molar-refractivity contribution in [2.75, 3.05) is 5.43 Å². The van der Waals surface area contributed by atoms with Crippen molar-refractivity contribution < 1.29 is 0 Å². The molecule has 0 saturated heterocycles. The van der Waals surface area contributed by atoms with E-state index in [1.165, 1.54) is 0 Å². The van der Waals surface area contributed by atoms with Crippen LogP contribution in [-0.4, -0.2) is 15.0 Å². The number of aromatic nitrogens is 3. The smallest absolute Gasteiger partial charge is 0.162 e. The molecule has 0 spiro atoms. The Kier molecular flexibility index (Phi) is 3.34. The first-order valence-electron chi connectivity index (χ1n) is 6.18. The molecule has 0 fully saturated rings. The van der Waals surface area contributed by atoms with E-state index in [2.05, 4.69) is 20.4 Å². The number of nitrogens with one attached hydrogen (secondary N) is 1. The molecule has 0 aliphatic heterocycles. The quantitative estimate of drug-likeness (QED) is 0.561. The normalized spacial score (nSPS) is 10.2. The molecule has 0 aliphatic carbocycles. The van der Waals surface area contributed by atoms with Crippen molar-refractivity contribution in [3.8, 4) is 22.6 Å². The molecular formula is C15H13N5. The molecule has 0 amide bonds. The number of hydrogen-bond acceptors (Lipinski definition) is 5. The third-order valence-corrected chi connectivity index (χ3v) is 2.88. The number of hydrogen-bond donors (Lipinski definition) is 2. The van der Waals surface area contributed by atoms with Gasteiger partial charge in [-0.3, -0.25) is 4.98 Å². The highest BCUT2D eigenvalue weighted by Gasteiger charge is 2.07. The van der Waals surface area contributed by atoms with Gasteiger partial charge in [0.25, 0.3) is 0 Å². The van der Waals surface area contributed by atoms with Crippen LogP contribution in [0.15, 0.2) is 60.9 Å². The zero-order valence-electron chi connectivity index (χ0n) is 10.7. The van der Waals surface area contributed by atoms with Gasteiger partial charge < -0.3 is 5.43 Å². The second-order valence-electron chi connectivity index (χ2n) is 4.21. The highest BCUT2D eigenvalue weighted by atomic mass is 15.3. The number of rotatable bonds is 3. The summed E-state index contributed by atoms with van der Waals surface area (Å²) in [7, 11) is 0. The van der Waals surface area contributed by atoms with E-state index in [0.717, 1.165) is 16.8 Å². The third kappa shape index (κ3) is 2.48. The predicted molar refractivity (Wildman–Crippen MR) is 78.5 cm³/mol. The molecule has 5 nitrogen and oxygen atoms in total. The van der Waals surface area contributed by atoms with Crippen LogP contribution >= 0.6 is 0 Å². The van der Waals surface area contributed by atoms with E-state index >= 15 is 0 Å². The number of hydrazine groups is 1. The molecule has 1 aromatic carbocycles. The molecule has 0 unspecified atom stereocenters. The summed E-state index contributed by atoms with van der Waals surface area (Å²) in [6, 6.07) is 15.5. The molecule has 0 atom stereocenters. The van der Waals surface area contributed by atoms with E-state index in [4.69, 9.17) is 5.84 Å². The molecule has 0 aliphatic rings. The van der Waals surface area contributed by atoms with Crippen molar-refractivity contribution in [3.63, 3.8) is 0 Å². The summed E-state index contributed by atoms with van der Waals surface area (Å²) in [6.45, 7) is 0. The highest BCUT2D eigenvalue weighted by molar-refractivity contribution is 5.67. The number of nitrogens with two attached hydrogens (primary N) is 1. The van der Waals surface area contributed by atoms with Crippen LogP contribution in [0.1, 0.15) is 0 Å². The van der Waals surface area contributed by atoms with Gasteiger partial charge in [-0.25, -0.2) is 15.8 Å². The van der Waals surface area contributed by atoms with Gasteiger partial charge in [0.15, 0.2) is 5.82 Å². The molecule has 5 heteroatoms. The summed E-state index contributed by atoms with van der Waals surface area (Å²) >= 11 is 0. The monoisotopic (exact) mass is 263 g/mol. The third-order valence-electron chi connectivity index (χ3n) is 2.88. The van der Waals surface area contributed by atoms with Crippen molar-refractivity contribution in [2.45, 2.75) is 0 Å². The summed E-state index contributed by atoms with van der Waals surface area (Å²) in [5.41, 5.74) is 5.31. The Morgan fingerprint density at radius 1 is 0.850 bits per heavy atom. The van der Waals surface area contributed by atoms with Crippen molar-refractivity contribution in [2.24, 2.45) is 5.84 Å². The minimum Gasteiger partial charge on any atom is -0.308 e. The number of benzene rings is 1. The summed E-state index contributed by atoms with van der Waals surface area (Å²) < 4.78 is 0. The average molecular weight is 263 g/mol. The van der Waals surface area contributed by atoms with Gasteiger partial charge in [-0.05, 0) is 12.1 Å². The average Bonchev–Trinajstić information content (AvgIpc) is 2.56. The zero-order chi connectivity index (χ0) is 13.8. The largest absolute Gasteiger partial charge is 0.308 e. The van der Waals surface area contributed by atoms with E-state index in [9.17, 15) is 0 Å². The van der Waals surface area contributed by atoms with Crippen LogP contribution < -0.4 is 11.3 Å². The van der Waals surface area contributed by atoms with Crippen LogP contribution in [-0.2, 0) is 0 Å². The Hall–Kier alpha value is -2.79. The van der Waals surface area contributed by atoms with Gasteiger partial charge in [0.05, 0.1) is 5.69 Å². The molecule has 0 saturated carbocycles. The highest BCUT2D eigenvalue weighted by Crippen LogP contribution is 2.23. The summed E-state index contributed by atoms with van der Waals surface area (Å²) in [6.07, 6.45) is 3.42. The topological polar surface area (TPSA) is 76.7 Å². The van der Waals surface area contributed by atoms with E-state index in [-0.39, 0.29) is 0 Å². The summed E-state index contributed by atoms with van der Waals surface area (Å²) in [4.78, 5) is 13.0. The van der Waals surface area contributed by atoms with Gasteiger partial charge in [0.1, 0.15) is 5.82 Å². The maximum Gasteiger partial charge on any atom is 0.162 e. The molecule has 3 rings (SSSR count). The Bertz CT molecular complexity index is 640. The SMILES string of the molecule is NNc1cc(-c2ccccc2)nc(-c2ccncc2)n1. The van der Waals surface area contributed by atoms with Crippen molar-refractivity contribution >= 4 is 5.82 Å². The van der Waals surface area contributed by atoms with E-state index in [1.54, 1.807) is 12.4 Å². The predicted octanol–water partition coefficient (Wildman–Crippen LogP) is 2.49. The Morgan fingerprint density at radius 3 is 2.30 bits per heavy atom. The second-order valence-corrected chi connectivity index (χ2v) is 4.21. The number of nitrogen functional groups attached to an aromatic ring is 1. The maximum atomic E-state index is 5.49. The van der Waals surface area contributed by atoms with Crippen LogP contribution in [0.3, 0.4) is 0 Å².